The predicted octanol–water partition coefficient (Wildman–Crippen LogP) is 3.37. The third-order valence-electron chi connectivity index (χ3n) is 6.00. The monoisotopic (exact) mass is 273 g/mol. The SMILES string of the molecule is CCC1CCC(CN)(C2(O)CCCc3ccccc32)C1. The van der Waals surface area contributed by atoms with Crippen LogP contribution in [0, 0.1) is 11.3 Å². The summed E-state index contributed by atoms with van der Waals surface area (Å²) in [4.78, 5) is 0. The lowest BCUT2D eigenvalue weighted by atomic mass is 9.61. The van der Waals surface area contributed by atoms with Gasteiger partial charge in [0.05, 0.1) is 5.60 Å². The highest BCUT2D eigenvalue weighted by Gasteiger charge is 2.54. The summed E-state index contributed by atoms with van der Waals surface area (Å²) in [5, 5.41) is 11.6. The van der Waals surface area contributed by atoms with E-state index in [2.05, 4.69) is 31.2 Å². The van der Waals surface area contributed by atoms with Gasteiger partial charge in [-0.1, -0.05) is 37.6 Å². The zero-order valence-electron chi connectivity index (χ0n) is 12.6. The first kappa shape index (κ1) is 14.1. The Morgan fingerprint density at radius 1 is 1.30 bits per heavy atom. The lowest BCUT2D eigenvalue weighted by Gasteiger charge is -2.48. The molecule has 0 amide bonds. The zero-order valence-corrected chi connectivity index (χ0v) is 12.6. The quantitative estimate of drug-likeness (QED) is 0.887. The molecule has 0 saturated heterocycles. The van der Waals surface area contributed by atoms with E-state index in [0.717, 1.165) is 43.6 Å². The predicted molar refractivity (Wildman–Crippen MR) is 82.4 cm³/mol. The second kappa shape index (κ2) is 5.16. The van der Waals surface area contributed by atoms with Gasteiger partial charge in [-0.3, -0.25) is 0 Å². The van der Waals surface area contributed by atoms with Crippen LogP contribution in [0.5, 0.6) is 0 Å². The van der Waals surface area contributed by atoms with Gasteiger partial charge in [0.25, 0.3) is 0 Å². The molecule has 1 fully saturated rings. The maximum atomic E-state index is 11.6. The highest BCUT2D eigenvalue weighted by Crippen LogP contribution is 2.57. The van der Waals surface area contributed by atoms with Gasteiger partial charge in [-0.2, -0.15) is 0 Å². The molecule has 0 heterocycles. The molecule has 3 N–H and O–H groups in total. The van der Waals surface area contributed by atoms with Gasteiger partial charge in [-0.25, -0.2) is 0 Å². The van der Waals surface area contributed by atoms with E-state index in [9.17, 15) is 5.11 Å². The Balaban J connectivity index is 2.04. The molecule has 0 bridgehead atoms. The fraction of sp³-hybridized carbons (Fsp3) is 0.667. The Hall–Kier alpha value is -0.860. The molecule has 0 spiro atoms. The summed E-state index contributed by atoms with van der Waals surface area (Å²) >= 11 is 0. The largest absolute Gasteiger partial charge is 0.385 e. The molecule has 1 aromatic carbocycles. The molecule has 2 nitrogen and oxygen atoms in total. The molecule has 3 atom stereocenters. The van der Waals surface area contributed by atoms with Gasteiger partial charge in [0.2, 0.25) is 0 Å². The van der Waals surface area contributed by atoms with Crippen LogP contribution < -0.4 is 5.73 Å². The van der Waals surface area contributed by atoms with Crippen LogP contribution in [-0.4, -0.2) is 11.7 Å². The topological polar surface area (TPSA) is 46.2 Å². The van der Waals surface area contributed by atoms with Crippen molar-refractivity contribution in [3.05, 3.63) is 35.4 Å². The van der Waals surface area contributed by atoms with Crippen molar-refractivity contribution >= 4 is 0 Å². The first-order chi connectivity index (χ1) is 9.65. The first-order valence-corrected chi connectivity index (χ1v) is 8.16. The van der Waals surface area contributed by atoms with Crippen LogP contribution in [0.25, 0.3) is 0 Å². The van der Waals surface area contributed by atoms with E-state index in [1.807, 2.05) is 0 Å². The second-order valence-corrected chi connectivity index (χ2v) is 6.87. The fourth-order valence-electron chi connectivity index (χ4n) is 4.68. The molecular weight excluding hydrogens is 246 g/mol. The molecule has 0 aliphatic heterocycles. The number of fused-ring (bicyclic) bond motifs is 1. The van der Waals surface area contributed by atoms with Crippen molar-refractivity contribution in [1.82, 2.24) is 0 Å². The minimum absolute atomic E-state index is 0.107. The molecular formula is C18H27NO. The van der Waals surface area contributed by atoms with Crippen molar-refractivity contribution in [3.63, 3.8) is 0 Å². The van der Waals surface area contributed by atoms with Crippen molar-refractivity contribution in [1.29, 1.82) is 0 Å². The minimum atomic E-state index is -0.708. The molecule has 2 aliphatic carbocycles. The van der Waals surface area contributed by atoms with Gasteiger partial charge in [-0.15, -0.1) is 0 Å². The van der Waals surface area contributed by atoms with E-state index in [1.165, 1.54) is 18.4 Å². The Kier molecular flexibility index (Phi) is 3.64. The van der Waals surface area contributed by atoms with E-state index in [1.54, 1.807) is 0 Å². The van der Waals surface area contributed by atoms with E-state index in [4.69, 9.17) is 5.73 Å². The molecule has 1 saturated carbocycles. The van der Waals surface area contributed by atoms with Crippen molar-refractivity contribution in [2.24, 2.45) is 17.1 Å². The Bertz CT molecular complexity index is 486. The smallest absolute Gasteiger partial charge is 0.0967 e. The van der Waals surface area contributed by atoms with Crippen LogP contribution in [0.4, 0.5) is 0 Å². The van der Waals surface area contributed by atoms with E-state index < -0.39 is 5.60 Å². The number of rotatable bonds is 3. The van der Waals surface area contributed by atoms with Crippen LogP contribution >= 0.6 is 0 Å². The molecule has 2 heteroatoms. The second-order valence-electron chi connectivity index (χ2n) is 6.87. The molecule has 3 unspecified atom stereocenters. The van der Waals surface area contributed by atoms with Crippen LogP contribution in [0.1, 0.15) is 56.6 Å². The number of aliphatic hydroxyl groups is 1. The molecule has 20 heavy (non-hydrogen) atoms. The molecule has 0 aromatic heterocycles. The minimum Gasteiger partial charge on any atom is -0.385 e. The van der Waals surface area contributed by atoms with Crippen LogP contribution in [0.3, 0.4) is 0 Å². The third kappa shape index (κ3) is 1.93. The van der Waals surface area contributed by atoms with Gasteiger partial charge < -0.3 is 10.8 Å². The highest BCUT2D eigenvalue weighted by atomic mass is 16.3. The standard InChI is InChI=1S/C18H27NO/c1-2-14-9-11-17(12-14,13-19)18(20)10-5-7-15-6-3-4-8-16(15)18/h3-4,6,8,14,20H,2,5,7,9-13,19H2,1H3. The van der Waals surface area contributed by atoms with Crippen LogP contribution in [0.2, 0.25) is 0 Å². The summed E-state index contributed by atoms with van der Waals surface area (Å²) in [6.07, 6.45) is 7.63. The average Bonchev–Trinajstić information content (AvgIpc) is 2.93. The fourth-order valence-corrected chi connectivity index (χ4v) is 4.68. The summed E-state index contributed by atoms with van der Waals surface area (Å²) in [5.74, 6) is 0.733. The normalized spacial score (nSPS) is 36.9. The summed E-state index contributed by atoms with van der Waals surface area (Å²) in [7, 11) is 0. The molecule has 1 aromatic rings. The van der Waals surface area contributed by atoms with Gasteiger partial charge in [0.15, 0.2) is 0 Å². The zero-order chi connectivity index (χ0) is 14.2. The number of nitrogens with two attached hydrogens (primary N) is 1. The van der Waals surface area contributed by atoms with Crippen molar-refractivity contribution in [2.45, 2.75) is 57.5 Å². The van der Waals surface area contributed by atoms with Crippen LogP contribution in [0.15, 0.2) is 24.3 Å². The number of aryl methyl sites for hydroxylation is 1. The molecule has 2 aliphatic rings. The molecule has 110 valence electrons. The van der Waals surface area contributed by atoms with Crippen molar-refractivity contribution in [3.8, 4) is 0 Å². The third-order valence-corrected chi connectivity index (χ3v) is 6.00. The summed E-state index contributed by atoms with van der Waals surface area (Å²) in [5.41, 5.74) is 7.87. The van der Waals surface area contributed by atoms with E-state index >= 15 is 0 Å². The van der Waals surface area contributed by atoms with Gasteiger partial charge >= 0.3 is 0 Å². The summed E-state index contributed by atoms with van der Waals surface area (Å²) in [6.45, 7) is 2.87. The summed E-state index contributed by atoms with van der Waals surface area (Å²) < 4.78 is 0. The maximum Gasteiger partial charge on any atom is 0.0967 e. The Morgan fingerprint density at radius 2 is 2.10 bits per heavy atom. The van der Waals surface area contributed by atoms with Gasteiger partial charge in [0, 0.05) is 12.0 Å². The van der Waals surface area contributed by atoms with Gasteiger partial charge in [0.1, 0.15) is 0 Å². The lowest BCUT2D eigenvalue weighted by Crippen LogP contribution is -2.50. The van der Waals surface area contributed by atoms with Crippen molar-refractivity contribution in [2.75, 3.05) is 6.54 Å². The number of hydrogen-bond donors (Lipinski definition) is 2. The highest BCUT2D eigenvalue weighted by molar-refractivity contribution is 5.37. The first-order valence-electron chi connectivity index (χ1n) is 8.16. The van der Waals surface area contributed by atoms with E-state index in [0.29, 0.717) is 6.54 Å². The average molecular weight is 273 g/mol. The Morgan fingerprint density at radius 3 is 2.80 bits per heavy atom. The summed E-state index contributed by atoms with van der Waals surface area (Å²) in [6, 6.07) is 8.45. The number of benzene rings is 1. The Labute approximate surface area is 122 Å². The maximum absolute atomic E-state index is 11.6. The van der Waals surface area contributed by atoms with Crippen molar-refractivity contribution < 1.29 is 5.11 Å². The molecule has 3 rings (SSSR count). The molecule has 0 radical (unpaired) electrons. The van der Waals surface area contributed by atoms with E-state index in [-0.39, 0.29) is 5.41 Å². The van der Waals surface area contributed by atoms with Gasteiger partial charge in [-0.05, 0) is 55.6 Å². The number of hydrogen-bond acceptors (Lipinski definition) is 2. The van der Waals surface area contributed by atoms with Crippen LogP contribution in [-0.2, 0) is 12.0 Å². The lowest BCUT2D eigenvalue weighted by molar-refractivity contribution is -0.0994.